The highest BCUT2D eigenvalue weighted by atomic mass is 32.2. The van der Waals surface area contributed by atoms with Gasteiger partial charge in [0.05, 0.1) is 0 Å². The third kappa shape index (κ3) is 3.78. The van der Waals surface area contributed by atoms with E-state index in [0.717, 1.165) is 5.69 Å². The lowest BCUT2D eigenvalue weighted by molar-refractivity contribution is 0.820. The van der Waals surface area contributed by atoms with Crippen LogP contribution in [0, 0.1) is 5.92 Å². The van der Waals surface area contributed by atoms with E-state index in [4.69, 9.17) is 5.73 Å². The summed E-state index contributed by atoms with van der Waals surface area (Å²) in [6.45, 7) is 10.4. The zero-order chi connectivity index (χ0) is 12.1. The predicted octanol–water partition coefficient (Wildman–Crippen LogP) is 4.53. The highest BCUT2D eigenvalue weighted by Gasteiger charge is 2.00. The molecule has 0 amide bonds. The summed E-state index contributed by atoms with van der Waals surface area (Å²) in [4.78, 5) is 1.19. The number of anilines is 1. The molecule has 0 aliphatic rings. The van der Waals surface area contributed by atoms with Crippen LogP contribution in [-0.4, -0.2) is 0 Å². The lowest BCUT2D eigenvalue weighted by atomic mass is 10.1. The maximum Gasteiger partial charge on any atom is 0.0314 e. The minimum Gasteiger partial charge on any atom is -0.399 e. The maximum absolute atomic E-state index is 5.65. The molecule has 0 saturated heterocycles. The minimum absolute atomic E-state index is 0.514. The second-order valence-corrected chi connectivity index (χ2v) is 5.16. The Kier molecular flexibility index (Phi) is 4.69. The molecule has 0 saturated carbocycles. The van der Waals surface area contributed by atoms with Crippen molar-refractivity contribution in [2.45, 2.75) is 20.8 Å². The second kappa shape index (κ2) is 5.80. The van der Waals surface area contributed by atoms with Crippen LogP contribution in [0.5, 0.6) is 0 Å². The zero-order valence-corrected chi connectivity index (χ0v) is 11.0. The zero-order valence-electron chi connectivity index (χ0n) is 10.2. The average Bonchev–Trinajstić information content (AvgIpc) is 2.26. The molecule has 1 nitrogen and oxygen atoms in total. The third-order valence-corrected chi connectivity index (χ3v) is 3.64. The van der Waals surface area contributed by atoms with Gasteiger partial charge in [-0.25, -0.2) is 0 Å². The maximum atomic E-state index is 5.65. The first-order chi connectivity index (χ1) is 7.50. The van der Waals surface area contributed by atoms with Crippen LogP contribution in [0.25, 0.3) is 5.57 Å². The number of nitrogens with two attached hydrogens (primary N) is 1. The summed E-state index contributed by atoms with van der Waals surface area (Å²) >= 11 is 1.70. The van der Waals surface area contributed by atoms with E-state index in [0.29, 0.717) is 5.92 Å². The Morgan fingerprint density at radius 1 is 1.31 bits per heavy atom. The SMILES string of the molecule is C=C(S/C=C(\C)c1ccc(N)cc1)C(C)C. The third-order valence-electron chi connectivity index (χ3n) is 2.40. The Hall–Kier alpha value is -1.15. The molecule has 0 aromatic heterocycles. The molecule has 0 fully saturated rings. The van der Waals surface area contributed by atoms with Crippen molar-refractivity contribution in [3.63, 3.8) is 0 Å². The predicted molar refractivity (Wildman–Crippen MR) is 76.1 cm³/mol. The van der Waals surface area contributed by atoms with Gasteiger partial charge in [0.15, 0.2) is 0 Å². The number of allylic oxidation sites excluding steroid dienone is 2. The molecule has 0 heterocycles. The molecule has 2 heteroatoms. The van der Waals surface area contributed by atoms with E-state index in [2.05, 4.69) is 32.8 Å². The summed E-state index contributed by atoms with van der Waals surface area (Å²) in [6, 6.07) is 7.93. The van der Waals surface area contributed by atoms with Crippen molar-refractivity contribution in [3.8, 4) is 0 Å². The van der Waals surface area contributed by atoms with Crippen molar-refractivity contribution < 1.29 is 0 Å². The average molecular weight is 233 g/mol. The summed E-state index contributed by atoms with van der Waals surface area (Å²) in [5.74, 6) is 0.514. The first-order valence-electron chi connectivity index (χ1n) is 5.39. The Morgan fingerprint density at radius 2 is 1.88 bits per heavy atom. The number of hydrogen-bond acceptors (Lipinski definition) is 2. The van der Waals surface area contributed by atoms with E-state index >= 15 is 0 Å². The van der Waals surface area contributed by atoms with Crippen LogP contribution < -0.4 is 5.73 Å². The van der Waals surface area contributed by atoms with Gasteiger partial charge in [-0.15, -0.1) is 11.8 Å². The van der Waals surface area contributed by atoms with E-state index < -0.39 is 0 Å². The summed E-state index contributed by atoms with van der Waals surface area (Å²) in [5.41, 5.74) is 8.90. The fraction of sp³-hybridized carbons (Fsp3) is 0.286. The van der Waals surface area contributed by atoms with Crippen molar-refractivity contribution in [2.75, 3.05) is 5.73 Å². The molecule has 0 atom stereocenters. The van der Waals surface area contributed by atoms with Gasteiger partial charge in [-0.1, -0.05) is 32.6 Å². The van der Waals surface area contributed by atoms with Crippen molar-refractivity contribution >= 4 is 23.0 Å². The molecule has 0 bridgehead atoms. The van der Waals surface area contributed by atoms with E-state index in [1.165, 1.54) is 16.0 Å². The summed E-state index contributed by atoms with van der Waals surface area (Å²) in [5, 5.41) is 2.15. The smallest absolute Gasteiger partial charge is 0.0314 e. The van der Waals surface area contributed by atoms with Crippen LogP contribution in [0.1, 0.15) is 26.3 Å². The van der Waals surface area contributed by atoms with E-state index in [1.54, 1.807) is 11.8 Å². The van der Waals surface area contributed by atoms with Gasteiger partial charge in [0, 0.05) is 5.69 Å². The van der Waals surface area contributed by atoms with Crippen LogP contribution in [-0.2, 0) is 0 Å². The molecule has 0 aliphatic heterocycles. The van der Waals surface area contributed by atoms with Crippen LogP contribution in [0.2, 0.25) is 0 Å². The molecule has 0 unspecified atom stereocenters. The fourth-order valence-electron chi connectivity index (χ4n) is 1.11. The van der Waals surface area contributed by atoms with E-state index in [-0.39, 0.29) is 0 Å². The summed E-state index contributed by atoms with van der Waals surface area (Å²) < 4.78 is 0. The van der Waals surface area contributed by atoms with E-state index in [9.17, 15) is 0 Å². The van der Waals surface area contributed by atoms with Crippen LogP contribution >= 0.6 is 11.8 Å². The number of thioether (sulfide) groups is 1. The minimum atomic E-state index is 0.514. The molecule has 0 radical (unpaired) electrons. The fourth-order valence-corrected chi connectivity index (χ4v) is 1.85. The Morgan fingerprint density at radius 3 is 2.38 bits per heavy atom. The van der Waals surface area contributed by atoms with E-state index in [1.807, 2.05) is 24.3 Å². The van der Waals surface area contributed by atoms with Crippen LogP contribution in [0.15, 0.2) is 41.2 Å². The molecule has 2 N–H and O–H groups in total. The van der Waals surface area contributed by atoms with Crippen molar-refractivity contribution in [1.82, 2.24) is 0 Å². The van der Waals surface area contributed by atoms with Crippen LogP contribution in [0.4, 0.5) is 5.69 Å². The largest absolute Gasteiger partial charge is 0.399 e. The lowest BCUT2D eigenvalue weighted by Crippen LogP contribution is -1.86. The number of benzene rings is 1. The second-order valence-electron chi connectivity index (χ2n) is 4.16. The van der Waals surface area contributed by atoms with Crippen molar-refractivity contribution in [3.05, 3.63) is 46.7 Å². The number of rotatable bonds is 4. The van der Waals surface area contributed by atoms with Gasteiger partial charge >= 0.3 is 0 Å². The van der Waals surface area contributed by atoms with Gasteiger partial charge in [-0.3, -0.25) is 0 Å². The highest BCUT2D eigenvalue weighted by Crippen LogP contribution is 2.27. The van der Waals surface area contributed by atoms with Gasteiger partial charge in [0.2, 0.25) is 0 Å². The van der Waals surface area contributed by atoms with Gasteiger partial charge in [0.1, 0.15) is 0 Å². The highest BCUT2D eigenvalue weighted by molar-refractivity contribution is 8.06. The Bertz CT molecular complexity index is 388. The number of hydrogen-bond donors (Lipinski definition) is 1. The molecule has 0 spiro atoms. The normalized spacial score (nSPS) is 11.9. The van der Waals surface area contributed by atoms with Gasteiger partial charge in [-0.2, -0.15) is 0 Å². The molecule has 0 aliphatic carbocycles. The van der Waals surface area contributed by atoms with Crippen molar-refractivity contribution in [2.24, 2.45) is 5.92 Å². The van der Waals surface area contributed by atoms with Gasteiger partial charge < -0.3 is 5.73 Å². The van der Waals surface area contributed by atoms with Gasteiger partial charge in [-0.05, 0) is 46.4 Å². The van der Waals surface area contributed by atoms with Crippen molar-refractivity contribution in [1.29, 1.82) is 0 Å². The molecule has 1 rings (SSSR count). The number of nitrogen functional groups attached to an aromatic ring is 1. The topological polar surface area (TPSA) is 26.0 Å². The first kappa shape index (κ1) is 12.9. The quantitative estimate of drug-likeness (QED) is 0.773. The van der Waals surface area contributed by atoms with Crippen LogP contribution in [0.3, 0.4) is 0 Å². The molecular formula is C14H19NS. The summed E-state index contributed by atoms with van der Waals surface area (Å²) in [6.07, 6.45) is 0. The first-order valence-corrected chi connectivity index (χ1v) is 6.27. The molecule has 1 aromatic rings. The monoisotopic (exact) mass is 233 g/mol. The molecule has 1 aromatic carbocycles. The lowest BCUT2D eigenvalue weighted by Gasteiger charge is -2.07. The standard InChI is InChI=1S/C14H19NS/c1-10(2)12(4)16-9-11(3)13-5-7-14(15)8-6-13/h5-10H,4,15H2,1-3H3/b11-9+. The van der Waals surface area contributed by atoms with Gasteiger partial charge in [0.25, 0.3) is 0 Å². The molecular weight excluding hydrogens is 214 g/mol. The molecule has 16 heavy (non-hydrogen) atoms. The molecule has 86 valence electrons. The Labute approximate surface area is 102 Å². The Balaban J connectivity index is 2.70. The summed E-state index contributed by atoms with van der Waals surface area (Å²) in [7, 11) is 0.